The summed E-state index contributed by atoms with van der Waals surface area (Å²) in [6.45, 7) is 2.04. The van der Waals surface area contributed by atoms with Gasteiger partial charge in [0.05, 0.1) is 17.3 Å². The third kappa shape index (κ3) is 5.19. The van der Waals surface area contributed by atoms with Crippen LogP contribution in [0, 0.1) is 23.5 Å². The Kier molecular flexibility index (Phi) is 7.17. The normalized spacial score (nSPS) is 26.2. The summed E-state index contributed by atoms with van der Waals surface area (Å²) in [4.78, 5) is 25.4. The molecule has 2 heterocycles. The molecule has 1 aromatic carbocycles. The molecule has 1 amide bonds. The van der Waals surface area contributed by atoms with E-state index in [1.54, 1.807) is 6.20 Å². The number of imidazole rings is 1. The maximum atomic E-state index is 14.7. The van der Waals surface area contributed by atoms with Crippen LogP contribution in [0.25, 0.3) is 11.2 Å². The number of carbonyl (C=O) groups excluding carboxylic acids is 1. The van der Waals surface area contributed by atoms with Crippen molar-refractivity contribution in [3.63, 3.8) is 0 Å². The highest BCUT2D eigenvalue weighted by atomic mass is 35.5. The molecule has 3 aromatic rings. The second-order valence-electron chi connectivity index (χ2n) is 10.2. The van der Waals surface area contributed by atoms with Gasteiger partial charge in [0, 0.05) is 18.0 Å². The number of nitrogens with two attached hydrogens (primary N) is 1. The van der Waals surface area contributed by atoms with Crippen LogP contribution in [-0.4, -0.2) is 42.7 Å². The quantitative estimate of drug-likeness (QED) is 0.338. The first-order chi connectivity index (χ1) is 17.7. The summed E-state index contributed by atoms with van der Waals surface area (Å²) in [6, 6.07) is 2.13. The number of aliphatic hydroxyl groups is 1. The van der Waals surface area contributed by atoms with E-state index in [4.69, 9.17) is 22.3 Å². The molecular formula is C25H30ClF2N7O2. The third-order valence-electron chi connectivity index (χ3n) is 7.66. The minimum Gasteiger partial charge on any atom is -0.393 e. The number of anilines is 3. The maximum Gasteiger partial charge on any atom is 0.224 e. The summed E-state index contributed by atoms with van der Waals surface area (Å²) in [5.74, 6) is -1.43. The zero-order valence-electron chi connectivity index (χ0n) is 20.4. The highest BCUT2D eigenvalue weighted by Crippen LogP contribution is 2.38. The Bertz CT molecular complexity index is 1310. The smallest absolute Gasteiger partial charge is 0.224 e. The molecule has 0 spiro atoms. The van der Waals surface area contributed by atoms with Crippen LogP contribution in [0.15, 0.2) is 18.3 Å². The molecule has 3 atom stereocenters. The van der Waals surface area contributed by atoms with Crippen LogP contribution in [0.3, 0.4) is 0 Å². The van der Waals surface area contributed by atoms with Crippen molar-refractivity contribution in [3.8, 4) is 0 Å². The predicted octanol–water partition coefficient (Wildman–Crippen LogP) is 4.68. The van der Waals surface area contributed by atoms with Crippen LogP contribution in [0.5, 0.6) is 0 Å². The van der Waals surface area contributed by atoms with E-state index < -0.39 is 17.3 Å². The molecule has 12 heteroatoms. The summed E-state index contributed by atoms with van der Waals surface area (Å²) in [7, 11) is 0. The topological polar surface area (TPSA) is 131 Å². The molecule has 0 radical (unpaired) electrons. The Labute approximate surface area is 217 Å². The van der Waals surface area contributed by atoms with Gasteiger partial charge in [-0.2, -0.15) is 4.98 Å². The van der Waals surface area contributed by atoms with Crippen molar-refractivity contribution < 1.29 is 18.7 Å². The number of carbonyl (C=O) groups is 1. The van der Waals surface area contributed by atoms with Gasteiger partial charge in [0.15, 0.2) is 11.5 Å². The summed E-state index contributed by atoms with van der Waals surface area (Å²) in [5, 5.41) is 16.2. The summed E-state index contributed by atoms with van der Waals surface area (Å²) in [6.07, 6.45) is 5.97. The number of fused-ring (bicyclic) bond motifs is 1. The number of rotatable bonds is 6. The lowest BCUT2D eigenvalue weighted by molar-refractivity contribution is -0.122. The van der Waals surface area contributed by atoms with Crippen LogP contribution in [0.4, 0.5) is 26.4 Å². The molecule has 0 saturated heterocycles. The maximum absolute atomic E-state index is 14.7. The van der Waals surface area contributed by atoms with Crippen molar-refractivity contribution in [2.24, 2.45) is 17.6 Å². The fourth-order valence-electron chi connectivity index (χ4n) is 5.38. The molecular weight excluding hydrogens is 504 g/mol. The molecule has 5 N–H and O–H groups in total. The Morgan fingerprint density at radius 3 is 2.62 bits per heavy atom. The van der Waals surface area contributed by atoms with E-state index in [9.17, 15) is 18.7 Å². The summed E-state index contributed by atoms with van der Waals surface area (Å²) >= 11 is 5.90. The number of benzene rings is 1. The molecule has 9 nitrogen and oxygen atoms in total. The van der Waals surface area contributed by atoms with Crippen LogP contribution < -0.4 is 16.4 Å². The van der Waals surface area contributed by atoms with Crippen molar-refractivity contribution in [3.05, 3.63) is 35.0 Å². The summed E-state index contributed by atoms with van der Waals surface area (Å²) < 4.78 is 31.1. The van der Waals surface area contributed by atoms with Crippen LogP contribution in [0.1, 0.15) is 57.9 Å². The molecule has 2 aliphatic rings. The van der Waals surface area contributed by atoms with Crippen molar-refractivity contribution in [2.75, 3.05) is 10.6 Å². The zero-order chi connectivity index (χ0) is 26.3. The molecule has 2 fully saturated rings. The van der Waals surface area contributed by atoms with E-state index in [2.05, 4.69) is 20.6 Å². The molecule has 2 saturated carbocycles. The Balaban J connectivity index is 1.51. The lowest BCUT2D eigenvalue weighted by Gasteiger charge is -2.31. The van der Waals surface area contributed by atoms with Gasteiger partial charge >= 0.3 is 0 Å². The van der Waals surface area contributed by atoms with E-state index in [0.717, 1.165) is 25.0 Å². The monoisotopic (exact) mass is 533 g/mol. The Morgan fingerprint density at radius 2 is 1.92 bits per heavy atom. The predicted molar refractivity (Wildman–Crippen MR) is 137 cm³/mol. The van der Waals surface area contributed by atoms with Crippen molar-refractivity contribution in [1.82, 2.24) is 19.5 Å². The van der Waals surface area contributed by atoms with E-state index in [1.165, 1.54) is 0 Å². The number of aliphatic hydroxyl groups excluding tert-OH is 1. The molecule has 2 aliphatic carbocycles. The molecule has 5 rings (SSSR count). The Morgan fingerprint density at radius 1 is 1.16 bits per heavy atom. The molecule has 1 unspecified atom stereocenters. The first kappa shape index (κ1) is 25.6. The number of primary amides is 1. The van der Waals surface area contributed by atoms with Crippen molar-refractivity contribution in [1.29, 1.82) is 0 Å². The minimum absolute atomic E-state index is 0.0262. The Hall–Kier alpha value is -3.05. The standard InChI is InChI=1S/C25H30ClF2N7O2/c1-12-2-5-14(10-19(12)36)31-24-30-11-18-23(34-24)35(15-6-3-13(4-7-15)22(29)37)25(32-18)33-21-17(27)9-8-16(26)20(21)28/h8-9,11-15,19,36H,2-7,10H2,1H3,(H2,29,37)(H,32,33)(H,30,31,34)/t12-,13-,14-,15+,19?/m1/s1. The van der Waals surface area contributed by atoms with Gasteiger partial charge < -0.3 is 21.5 Å². The fraction of sp³-hybridized carbons (Fsp3) is 0.520. The van der Waals surface area contributed by atoms with Gasteiger partial charge in [-0.1, -0.05) is 18.5 Å². The first-order valence-corrected chi connectivity index (χ1v) is 13.0. The van der Waals surface area contributed by atoms with Gasteiger partial charge in [0.2, 0.25) is 17.8 Å². The average molecular weight is 534 g/mol. The zero-order valence-corrected chi connectivity index (χ0v) is 21.2. The second-order valence-corrected chi connectivity index (χ2v) is 10.6. The first-order valence-electron chi connectivity index (χ1n) is 12.6. The van der Waals surface area contributed by atoms with Gasteiger partial charge in [-0.3, -0.25) is 9.36 Å². The lowest BCUT2D eigenvalue weighted by Crippen LogP contribution is -2.35. The van der Waals surface area contributed by atoms with E-state index in [1.807, 2.05) is 11.5 Å². The van der Waals surface area contributed by atoms with Gasteiger partial charge in [-0.25, -0.2) is 18.7 Å². The number of halogens is 3. The SMILES string of the molecule is C[C@@H]1CC[C@@H](Nc2ncc3nc(Nc4c(F)ccc(Cl)c4F)n([C@H]4CC[C@@H](C(N)=O)CC4)c3n2)CC1O. The number of nitrogens with zero attached hydrogens (tertiary/aromatic N) is 4. The van der Waals surface area contributed by atoms with Gasteiger partial charge in [-0.15, -0.1) is 0 Å². The van der Waals surface area contributed by atoms with Gasteiger partial charge in [0.1, 0.15) is 17.0 Å². The molecule has 2 aromatic heterocycles. The van der Waals surface area contributed by atoms with Crippen molar-refractivity contribution in [2.45, 2.75) is 70.1 Å². The van der Waals surface area contributed by atoms with E-state index in [0.29, 0.717) is 49.2 Å². The highest BCUT2D eigenvalue weighted by molar-refractivity contribution is 6.31. The largest absolute Gasteiger partial charge is 0.393 e. The van der Waals surface area contributed by atoms with Crippen LogP contribution >= 0.6 is 11.6 Å². The number of aromatic nitrogens is 4. The fourth-order valence-corrected chi connectivity index (χ4v) is 5.54. The number of amides is 1. The second kappa shape index (κ2) is 10.4. The van der Waals surface area contributed by atoms with E-state index >= 15 is 0 Å². The molecule has 37 heavy (non-hydrogen) atoms. The number of nitrogens with one attached hydrogen (secondary N) is 2. The average Bonchev–Trinajstić information content (AvgIpc) is 3.23. The van der Waals surface area contributed by atoms with Gasteiger partial charge in [-0.05, 0) is 63.0 Å². The van der Waals surface area contributed by atoms with Crippen LogP contribution in [-0.2, 0) is 4.79 Å². The highest BCUT2D eigenvalue weighted by Gasteiger charge is 2.30. The minimum atomic E-state index is -0.920. The third-order valence-corrected chi connectivity index (χ3v) is 7.96. The molecule has 198 valence electrons. The van der Waals surface area contributed by atoms with Gasteiger partial charge in [0.25, 0.3) is 0 Å². The molecule has 0 bridgehead atoms. The number of hydrogen-bond donors (Lipinski definition) is 4. The summed E-state index contributed by atoms with van der Waals surface area (Å²) in [5.41, 5.74) is 6.05. The van der Waals surface area contributed by atoms with Crippen LogP contribution in [0.2, 0.25) is 5.02 Å². The molecule has 0 aliphatic heterocycles. The number of hydrogen-bond acceptors (Lipinski definition) is 7. The van der Waals surface area contributed by atoms with E-state index in [-0.39, 0.29) is 46.9 Å². The van der Waals surface area contributed by atoms with Crippen molar-refractivity contribution >= 4 is 46.3 Å². The lowest BCUT2D eigenvalue weighted by atomic mass is 9.85.